The molecule has 25 heavy (non-hydrogen) atoms. The largest absolute Gasteiger partial charge is 0.483 e. The quantitative estimate of drug-likeness (QED) is 0.697. The lowest BCUT2D eigenvalue weighted by Gasteiger charge is -2.20. The zero-order valence-corrected chi connectivity index (χ0v) is 17.1. The maximum Gasteiger partial charge on any atom is 0.257 e. The minimum atomic E-state index is -0.138. The summed E-state index contributed by atoms with van der Waals surface area (Å²) >= 11 is 9.36. The smallest absolute Gasteiger partial charge is 0.257 e. The summed E-state index contributed by atoms with van der Waals surface area (Å²) in [6, 6.07) is 13.6. The Morgan fingerprint density at radius 3 is 2.44 bits per heavy atom. The molecule has 3 nitrogen and oxygen atoms in total. The molecule has 0 aliphatic carbocycles. The predicted octanol–water partition coefficient (Wildman–Crippen LogP) is 5.14. The standard InChI is InChI=1S/C20H23BrClNO2/c1-20(2,3)15-6-9-18(17(21)12-15)25-13-19(24)23-11-10-14-4-7-16(22)8-5-14/h4-9,12H,10-11,13H2,1-3H3,(H,23,24). The fourth-order valence-electron chi connectivity index (χ4n) is 2.28. The van der Waals surface area contributed by atoms with Crippen molar-refractivity contribution >= 4 is 33.4 Å². The van der Waals surface area contributed by atoms with Crippen molar-refractivity contribution in [1.29, 1.82) is 0 Å². The molecule has 0 aliphatic rings. The number of carbonyl (C=O) groups is 1. The van der Waals surface area contributed by atoms with Crippen LogP contribution in [-0.4, -0.2) is 19.1 Å². The van der Waals surface area contributed by atoms with Gasteiger partial charge in [0.2, 0.25) is 0 Å². The number of nitrogens with one attached hydrogen (secondary N) is 1. The summed E-state index contributed by atoms with van der Waals surface area (Å²) in [5, 5.41) is 3.57. The first-order chi connectivity index (χ1) is 11.8. The molecule has 0 fully saturated rings. The van der Waals surface area contributed by atoms with Crippen molar-refractivity contribution in [3.8, 4) is 5.75 Å². The third-order valence-electron chi connectivity index (χ3n) is 3.81. The molecule has 0 heterocycles. The average molecular weight is 425 g/mol. The lowest BCUT2D eigenvalue weighted by molar-refractivity contribution is -0.123. The van der Waals surface area contributed by atoms with Crippen LogP contribution in [-0.2, 0) is 16.6 Å². The summed E-state index contributed by atoms with van der Waals surface area (Å²) in [7, 11) is 0. The summed E-state index contributed by atoms with van der Waals surface area (Å²) in [4.78, 5) is 11.9. The molecule has 0 aromatic heterocycles. The van der Waals surface area contributed by atoms with Crippen molar-refractivity contribution in [2.75, 3.05) is 13.2 Å². The van der Waals surface area contributed by atoms with Crippen molar-refractivity contribution in [2.24, 2.45) is 0 Å². The molecule has 2 aromatic rings. The summed E-state index contributed by atoms with van der Waals surface area (Å²) in [6.45, 7) is 7.03. The predicted molar refractivity (Wildman–Crippen MR) is 107 cm³/mol. The Morgan fingerprint density at radius 2 is 1.84 bits per heavy atom. The van der Waals surface area contributed by atoms with Gasteiger partial charge in [0.1, 0.15) is 5.75 Å². The van der Waals surface area contributed by atoms with E-state index in [0.29, 0.717) is 17.3 Å². The Kier molecular flexibility index (Phi) is 6.91. The molecular weight excluding hydrogens is 402 g/mol. The molecule has 0 atom stereocenters. The Hall–Kier alpha value is -1.52. The van der Waals surface area contributed by atoms with Gasteiger partial charge in [-0.3, -0.25) is 4.79 Å². The topological polar surface area (TPSA) is 38.3 Å². The van der Waals surface area contributed by atoms with E-state index in [1.165, 1.54) is 5.56 Å². The number of benzene rings is 2. The second-order valence-corrected chi connectivity index (χ2v) is 8.20. The Morgan fingerprint density at radius 1 is 1.16 bits per heavy atom. The number of carbonyl (C=O) groups excluding carboxylic acids is 1. The van der Waals surface area contributed by atoms with Crippen LogP contribution in [0.3, 0.4) is 0 Å². The molecule has 5 heteroatoms. The second-order valence-electron chi connectivity index (χ2n) is 6.91. The summed E-state index contributed by atoms with van der Waals surface area (Å²) in [5.41, 5.74) is 2.41. The Balaban J connectivity index is 1.79. The molecule has 0 spiro atoms. The lowest BCUT2D eigenvalue weighted by atomic mass is 9.87. The SMILES string of the molecule is CC(C)(C)c1ccc(OCC(=O)NCCc2ccc(Cl)cc2)c(Br)c1. The molecule has 0 bridgehead atoms. The maximum atomic E-state index is 11.9. The second kappa shape index (κ2) is 8.72. The molecule has 2 aromatic carbocycles. The van der Waals surface area contributed by atoms with Gasteiger partial charge in [-0.25, -0.2) is 0 Å². The highest BCUT2D eigenvalue weighted by atomic mass is 79.9. The number of ether oxygens (including phenoxy) is 1. The Labute approximate surface area is 162 Å². The number of hydrogen-bond acceptors (Lipinski definition) is 2. The number of hydrogen-bond donors (Lipinski definition) is 1. The normalized spacial score (nSPS) is 11.2. The van der Waals surface area contributed by atoms with Crippen molar-refractivity contribution in [3.05, 3.63) is 63.1 Å². The molecule has 1 amide bonds. The van der Waals surface area contributed by atoms with E-state index in [-0.39, 0.29) is 17.9 Å². The van der Waals surface area contributed by atoms with Gasteiger partial charge in [-0.15, -0.1) is 0 Å². The van der Waals surface area contributed by atoms with E-state index in [9.17, 15) is 4.79 Å². The summed E-state index contributed by atoms with van der Waals surface area (Å²) < 4.78 is 6.46. The van der Waals surface area contributed by atoms with Crippen molar-refractivity contribution in [3.63, 3.8) is 0 Å². The van der Waals surface area contributed by atoms with Gasteiger partial charge in [-0.05, 0) is 63.2 Å². The number of halogens is 2. The van der Waals surface area contributed by atoms with E-state index in [2.05, 4.69) is 42.0 Å². The molecule has 2 rings (SSSR count). The van der Waals surface area contributed by atoms with Crippen LogP contribution in [0.25, 0.3) is 0 Å². The highest BCUT2D eigenvalue weighted by Gasteiger charge is 2.15. The number of amides is 1. The van der Waals surface area contributed by atoms with Crippen LogP contribution >= 0.6 is 27.5 Å². The van der Waals surface area contributed by atoms with Crippen LogP contribution in [0, 0.1) is 0 Å². The highest BCUT2D eigenvalue weighted by Crippen LogP contribution is 2.31. The third kappa shape index (κ3) is 6.37. The van der Waals surface area contributed by atoms with Crippen LogP contribution in [0.2, 0.25) is 5.02 Å². The van der Waals surface area contributed by atoms with E-state index < -0.39 is 0 Å². The van der Waals surface area contributed by atoms with Crippen LogP contribution in [0.4, 0.5) is 0 Å². The zero-order valence-electron chi connectivity index (χ0n) is 14.7. The maximum absolute atomic E-state index is 11.9. The van der Waals surface area contributed by atoms with Crippen LogP contribution < -0.4 is 10.1 Å². The van der Waals surface area contributed by atoms with Gasteiger partial charge in [0.05, 0.1) is 4.47 Å². The van der Waals surface area contributed by atoms with Crippen LogP contribution in [0.1, 0.15) is 31.9 Å². The van der Waals surface area contributed by atoms with Crippen molar-refractivity contribution < 1.29 is 9.53 Å². The van der Waals surface area contributed by atoms with E-state index in [4.69, 9.17) is 16.3 Å². The first-order valence-electron chi connectivity index (χ1n) is 8.19. The van der Waals surface area contributed by atoms with E-state index in [0.717, 1.165) is 16.5 Å². The molecule has 1 N–H and O–H groups in total. The van der Waals surface area contributed by atoms with Gasteiger partial charge in [-0.1, -0.05) is 50.6 Å². The van der Waals surface area contributed by atoms with E-state index in [1.807, 2.05) is 42.5 Å². The molecular formula is C20H23BrClNO2. The molecule has 0 saturated carbocycles. The monoisotopic (exact) mass is 423 g/mol. The van der Waals surface area contributed by atoms with Gasteiger partial charge in [0, 0.05) is 11.6 Å². The lowest BCUT2D eigenvalue weighted by Crippen LogP contribution is -2.30. The van der Waals surface area contributed by atoms with Gasteiger partial charge < -0.3 is 10.1 Å². The van der Waals surface area contributed by atoms with Gasteiger partial charge in [-0.2, -0.15) is 0 Å². The molecule has 0 unspecified atom stereocenters. The molecule has 134 valence electrons. The average Bonchev–Trinajstić information content (AvgIpc) is 2.54. The fourth-order valence-corrected chi connectivity index (χ4v) is 2.90. The third-order valence-corrected chi connectivity index (χ3v) is 4.68. The molecule has 0 saturated heterocycles. The van der Waals surface area contributed by atoms with Crippen molar-refractivity contribution in [2.45, 2.75) is 32.6 Å². The van der Waals surface area contributed by atoms with Crippen LogP contribution in [0.5, 0.6) is 5.75 Å². The minimum Gasteiger partial charge on any atom is -0.483 e. The zero-order chi connectivity index (χ0) is 18.4. The first-order valence-corrected chi connectivity index (χ1v) is 9.37. The fraction of sp³-hybridized carbons (Fsp3) is 0.350. The van der Waals surface area contributed by atoms with Gasteiger partial charge in [0.15, 0.2) is 6.61 Å². The molecule has 0 aliphatic heterocycles. The Bertz CT molecular complexity index is 723. The number of rotatable bonds is 6. The van der Waals surface area contributed by atoms with E-state index >= 15 is 0 Å². The minimum absolute atomic E-state index is 0.00587. The van der Waals surface area contributed by atoms with Gasteiger partial charge >= 0.3 is 0 Å². The van der Waals surface area contributed by atoms with Gasteiger partial charge in [0.25, 0.3) is 5.91 Å². The van der Waals surface area contributed by atoms with E-state index in [1.54, 1.807) is 0 Å². The summed E-state index contributed by atoms with van der Waals surface area (Å²) in [5.74, 6) is 0.529. The molecule has 0 radical (unpaired) electrons. The highest BCUT2D eigenvalue weighted by molar-refractivity contribution is 9.10. The van der Waals surface area contributed by atoms with Crippen molar-refractivity contribution in [1.82, 2.24) is 5.32 Å². The van der Waals surface area contributed by atoms with Crippen LogP contribution in [0.15, 0.2) is 46.9 Å². The summed E-state index contributed by atoms with van der Waals surface area (Å²) in [6.07, 6.45) is 0.757. The first kappa shape index (κ1) is 19.8.